The number of nitrogens with zero attached hydrogens (tertiary/aromatic N) is 1. The van der Waals surface area contributed by atoms with Gasteiger partial charge in [0.1, 0.15) is 23.4 Å². The van der Waals surface area contributed by atoms with Crippen LogP contribution in [-0.4, -0.2) is 16.8 Å². The van der Waals surface area contributed by atoms with Crippen molar-refractivity contribution in [3.05, 3.63) is 108 Å². The van der Waals surface area contributed by atoms with E-state index in [4.69, 9.17) is 4.42 Å². The monoisotopic (exact) mass is 413 g/mol. The fourth-order valence-electron chi connectivity index (χ4n) is 3.99. The third-order valence-electron chi connectivity index (χ3n) is 5.41. The number of aliphatic hydroxyl groups is 1. The number of carbonyl (C=O) groups excluding carboxylic acids is 2. The van der Waals surface area contributed by atoms with Gasteiger partial charge in [0.25, 0.3) is 11.7 Å². The van der Waals surface area contributed by atoms with E-state index < -0.39 is 23.5 Å². The summed E-state index contributed by atoms with van der Waals surface area (Å²) < 4.78 is 19.0. The summed E-state index contributed by atoms with van der Waals surface area (Å²) in [6.45, 7) is 0. The van der Waals surface area contributed by atoms with Crippen LogP contribution in [0.15, 0.2) is 95.1 Å². The molecule has 1 atom stereocenters. The fraction of sp³-hybridized carbons (Fsp3) is 0.0400. The number of aliphatic hydroxyl groups excluding tert-OH is 1. The molecule has 5 nitrogen and oxygen atoms in total. The number of fused-ring (bicyclic) bond motifs is 1. The molecule has 5 rings (SSSR count). The lowest BCUT2D eigenvalue weighted by Gasteiger charge is -2.23. The van der Waals surface area contributed by atoms with Gasteiger partial charge >= 0.3 is 0 Å². The third-order valence-corrected chi connectivity index (χ3v) is 5.41. The van der Waals surface area contributed by atoms with E-state index in [-0.39, 0.29) is 11.3 Å². The van der Waals surface area contributed by atoms with Crippen LogP contribution in [0.5, 0.6) is 0 Å². The predicted molar refractivity (Wildman–Crippen MR) is 114 cm³/mol. The van der Waals surface area contributed by atoms with Gasteiger partial charge in [0, 0.05) is 11.3 Å². The Bertz CT molecular complexity index is 1330. The van der Waals surface area contributed by atoms with Crippen molar-refractivity contribution in [2.24, 2.45) is 0 Å². The minimum absolute atomic E-state index is 0.0828. The molecule has 1 amide bonds. The zero-order chi connectivity index (χ0) is 21.5. The normalized spacial score (nSPS) is 18.1. The molecule has 1 saturated heterocycles. The average Bonchev–Trinajstić information content (AvgIpc) is 3.41. The number of halogens is 1. The lowest BCUT2D eigenvalue weighted by molar-refractivity contribution is -0.132. The summed E-state index contributed by atoms with van der Waals surface area (Å²) in [7, 11) is 0. The minimum Gasteiger partial charge on any atom is -0.507 e. The van der Waals surface area contributed by atoms with Gasteiger partial charge < -0.3 is 9.52 Å². The quantitative estimate of drug-likeness (QED) is 0.285. The van der Waals surface area contributed by atoms with Gasteiger partial charge in [-0.3, -0.25) is 14.5 Å². The van der Waals surface area contributed by atoms with Crippen molar-refractivity contribution in [2.45, 2.75) is 6.04 Å². The van der Waals surface area contributed by atoms with Crippen molar-refractivity contribution in [3.8, 4) is 0 Å². The van der Waals surface area contributed by atoms with Crippen LogP contribution in [0.1, 0.15) is 17.4 Å². The Labute approximate surface area is 176 Å². The summed E-state index contributed by atoms with van der Waals surface area (Å²) in [5.41, 5.74) is 0.675. The maximum absolute atomic E-state index is 13.5. The van der Waals surface area contributed by atoms with Gasteiger partial charge in [0.05, 0.1) is 11.8 Å². The smallest absolute Gasteiger partial charge is 0.300 e. The number of furan rings is 1. The highest BCUT2D eigenvalue weighted by molar-refractivity contribution is 6.51. The van der Waals surface area contributed by atoms with Crippen LogP contribution in [-0.2, 0) is 9.59 Å². The molecular weight excluding hydrogens is 397 g/mol. The van der Waals surface area contributed by atoms with Gasteiger partial charge in [-0.2, -0.15) is 0 Å². The molecule has 6 heteroatoms. The molecule has 0 bridgehead atoms. The zero-order valence-electron chi connectivity index (χ0n) is 16.2. The van der Waals surface area contributed by atoms with Crippen molar-refractivity contribution < 1.29 is 23.5 Å². The number of hydrogen-bond donors (Lipinski definition) is 1. The third kappa shape index (κ3) is 3.00. The van der Waals surface area contributed by atoms with Crippen molar-refractivity contribution in [1.29, 1.82) is 0 Å². The van der Waals surface area contributed by atoms with Crippen molar-refractivity contribution >= 4 is 33.9 Å². The molecule has 0 saturated carbocycles. The van der Waals surface area contributed by atoms with E-state index in [2.05, 4.69) is 0 Å². The first-order chi connectivity index (χ1) is 15.1. The second-order valence-corrected chi connectivity index (χ2v) is 7.19. The van der Waals surface area contributed by atoms with E-state index in [1.54, 1.807) is 24.3 Å². The predicted octanol–water partition coefficient (Wildman–Crippen LogP) is 5.20. The molecule has 152 valence electrons. The highest BCUT2D eigenvalue weighted by atomic mass is 19.1. The Morgan fingerprint density at radius 3 is 2.39 bits per heavy atom. The van der Waals surface area contributed by atoms with Gasteiger partial charge in [-0.25, -0.2) is 4.39 Å². The summed E-state index contributed by atoms with van der Waals surface area (Å²) in [5.74, 6) is -2.11. The minimum atomic E-state index is -0.987. The highest BCUT2D eigenvalue weighted by Crippen LogP contribution is 2.43. The topological polar surface area (TPSA) is 70.8 Å². The molecule has 1 unspecified atom stereocenters. The Morgan fingerprint density at radius 2 is 1.65 bits per heavy atom. The van der Waals surface area contributed by atoms with Crippen molar-refractivity contribution in [1.82, 2.24) is 0 Å². The van der Waals surface area contributed by atoms with Crippen LogP contribution in [0.4, 0.5) is 10.1 Å². The Morgan fingerprint density at radius 1 is 0.903 bits per heavy atom. The van der Waals surface area contributed by atoms with Gasteiger partial charge in [0.2, 0.25) is 0 Å². The van der Waals surface area contributed by atoms with Gasteiger partial charge in [-0.05, 0) is 47.2 Å². The lowest BCUT2D eigenvalue weighted by Crippen LogP contribution is -2.29. The van der Waals surface area contributed by atoms with Crippen molar-refractivity contribution in [2.75, 3.05) is 4.90 Å². The largest absolute Gasteiger partial charge is 0.507 e. The number of anilines is 1. The molecule has 1 aliphatic rings. The van der Waals surface area contributed by atoms with E-state index in [1.807, 2.05) is 30.3 Å². The van der Waals surface area contributed by atoms with Crippen LogP contribution >= 0.6 is 0 Å². The zero-order valence-corrected chi connectivity index (χ0v) is 16.2. The summed E-state index contributed by atoms with van der Waals surface area (Å²) in [6, 6.07) is 20.3. The van der Waals surface area contributed by atoms with E-state index in [0.717, 1.165) is 10.8 Å². The first kappa shape index (κ1) is 18.8. The molecule has 1 fully saturated rings. The number of rotatable bonds is 3. The Kier molecular flexibility index (Phi) is 4.40. The molecule has 1 N–H and O–H groups in total. The molecule has 31 heavy (non-hydrogen) atoms. The first-order valence-corrected chi connectivity index (χ1v) is 9.64. The number of amides is 1. The maximum atomic E-state index is 13.5. The molecule has 4 aromatic rings. The SMILES string of the molecule is O=C1C(=O)N(c2ccc(F)cc2)C(c2ccco2)/C1=C(/O)c1cccc2ccccc12. The molecule has 0 radical (unpaired) electrons. The molecule has 2 heterocycles. The van der Waals surface area contributed by atoms with Crippen LogP contribution < -0.4 is 4.90 Å². The van der Waals surface area contributed by atoms with Crippen LogP contribution in [0, 0.1) is 5.82 Å². The second-order valence-electron chi connectivity index (χ2n) is 7.19. The summed E-state index contributed by atoms with van der Waals surface area (Å²) in [5, 5.41) is 12.9. The van der Waals surface area contributed by atoms with Crippen molar-refractivity contribution in [3.63, 3.8) is 0 Å². The second kappa shape index (κ2) is 7.25. The molecule has 1 aromatic heterocycles. The molecule has 1 aliphatic heterocycles. The Hall–Kier alpha value is -4.19. The number of Topliss-reactive ketones (excluding diaryl/α,β-unsaturated/α-hetero) is 1. The first-order valence-electron chi connectivity index (χ1n) is 9.64. The standard InChI is InChI=1S/C25H16FNO4/c26-16-10-12-17(13-11-16)27-22(20-9-4-14-31-20)21(24(29)25(27)30)23(28)19-8-3-6-15-5-1-2-7-18(15)19/h1-14,22,28H/b23-21-. The molecule has 0 spiro atoms. The molecular formula is C25H16FNO4. The summed E-state index contributed by atoms with van der Waals surface area (Å²) >= 11 is 0. The molecule has 0 aliphatic carbocycles. The lowest BCUT2D eigenvalue weighted by atomic mass is 9.96. The van der Waals surface area contributed by atoms with Crippen LogP contribution in [0.3, 0.4) is 0 Å². The average molecular weight is 413 g/mol. The molecule has 3 aromatic carbocycles. The maximum Gasteiger partial charge on any atom is 0.300 e. The number of carbonyl (C=O) groups is 2. The van der Waals surface area contributed by atoms with Gasteiger partial charge in [-0.1, -0.05) is 42.5 Å². The number of ketones is 1. The number of benzene rings is 3. The Balaban J connectivity index is 1.76. The highest BCUT2D eigenvalue weighted by Gasteiger charge is 2.48. The van der Waals surface area contributed by atoms with E-state index >= 15 is 0 Å². The summed E-state index contributed by atoms with van der Waals surface area (Å²) in [6.07, 6.45) is 1.43. The van der Waals surface area contributed by atoms with Crippen LogP contribution in [0.2, 0.25) is 0 Å². The van der Waals surface area contributed by atoms with Crippen LogP contribution in [0.25, 0.3) is 16.5 Å². The van der Waals surface area contributed by atoms with E-state index in [1.165, 1.54) is 35.4 Å². The van der Waals surface area contributed by atoms with Gasteiger partial charge in [-0.15, -0.1) is 0 Å². The summed E-state index contributed by atoms with van der Waals surface area (Å²) in [4.78, 5) is 27.3. The van der Waals surface area contributed by atoms with Gasteiger partial charge in [0.15, 0.2) is 0 Å². The fourth-order valence-corrected chi connectivity index (χ4v) is 3.99. The van der Waals surface area contributed by atoms with E-state index in [9.17, 15) is 19.1 Å². The number of hydrogen-bond acceptors (Lipinski definition) is 4. The van der Waals surface area contributed by atoms with E-state index in [0.29, 0.717) is 17.0 Å².